The number of amides is 1. The Morgan fingerprint density at radius 2 is 2.03 bits per heavy atom. The molecule has 0 aliphatic rings. The topological polar surface area (TPSA) is 124 Å². The van der Waals surface area contributed by atoms with E-state index in [0.29, 0.717) is 12.2 Å². The summed E-state index contributed by atoms with van der Waals surface area (Å²) in [6.45, 7) is 0.202. The molecule has 0 aliphatic heterocycles. The molecule has 1 amide bonds. The zero-order chi connectivity index (χ0) is 22.1. The first kappa shape index (κ1) is 20.1. The van der Waals surface area contributed by atoms with Crippen molar-refractivity contribution in [2.45, 2.75) is 6.42 Å². The van der Waals surface area contributed by atoms with E-state index < -0.39 is 23.0 Å². The molecule has 1 aromatic carbocycles. The number of nitrogens with zero attached hydrogens (tertiary/aromatic N) is 3. The number of carbonyl (C=O) groups excluding carboxylic acids is 1. The predicted molar refractivity (Wildman–Crippen MR) is 108 cm³/mol. The number of nitrogens with one attached hydrogen (secondary N) is 2. The number of fused-ring (bicyclic) bond motifs is 1. The SMILES string of the molecule is Cn1c(=O)c2[nH]c(CCNC(=O)c3ccc(Oc4cccc(F)c4)o3)nc2n(C)c1=O. The maximum absolute atomic E-state index is 13.2. The van der Waals surface area contributed by atoms with Gasteiger partial charge in [0.25, 0.3) is 17.4 Å². The Labute approximate surface area is 173 Å². The molecule has 3 heterocycles. The van der Waals surface area contributed by atoms with Crippen molar-refractivity contribution < 1.29 is 18.3 Å². The van der Waals surface area contributed by atoms with Crippen LogP contribution in [-0.4, -0.2) is 31.6 Å². The van der Waals surface area contributed by atoms with E-state index in [9.17, 15) is 18.8 Å². The van der Waals surface area contributed by atoms with Crippen molar-refractivity contribution in [3.8, 4) is 11.7 Å². The number of aromatic amines is 1. The highest BCUT2D eigenvalue weighted by Gasteiger charge is 2.15. The Morgan fingerprint density at radius 1 is 1.23 bits per heavy atom. The second kappa shape index (κ2) is 7.94. The summed E-state index contributed by atoms with van der Waals surface area (Å²) in [5.74, 6) is -0.175. The predicted octanol–water partition coefficient (Wildman–Crippen LogP) is 1.46. The lowest BCUT2D eigenvalue weighted by Crippen LogP contribution is -2.36. The fraction of sp³-hybridized carbons (Fsp3) is 0.200. The number of aryl methyl sites for hydroxylation is 1. The van der Waals surface area contributed by atoms with E-state index in [1.807, 2.05) is 0 Å². The third-order valence-corrected chi connectivity index (χ3v) is 4.61. The summed E-state index contributed by atoms with van der Waals surface area (Å²) in [4.78, 5) is 43.6. The lowest BCUT2D eigenvalue weighted by molar-refractivity contribution is 0.0921. The minimum absolute atomic E-state index is 0.0206. The summed E-state index contributed by atoms with van der Waals surface area (Å²) in [5.41, 5.74) is -0.476. The largest absolute Gasteiger partial charge is 0.426 e. The van der Waals surface area contributed by atoms with E-state index in [4.69, 9.17) is 9.15 Å². The maximum Gasteiger partial charge on any atom is 0.332 e. The second-order valence-corrected chi connectivity index (χ2v) is 6.77. The summed E-state index contributed by atoms with van der Waals surface area (Å²) in [7, 11) is 2.91. The van der Waals surface area contributed by atoms with Crippen molar-refractivity contribution in [1.29, 1.82) is 0 Å². The molecule has 0 saturated carbocycles. The molecule has 10 nitrogen and oxygen atoms in total. The third kappa shape index (κ3) is 3.97. The Bertz CT molecular complexity index is 1400. The van der Waals surface area contributed by atoms with Gasteiger partial charge in [0.15, 0.2) is 11.4 Å². The summed E-state index contributed by atoms with van der Waals surface area (Å²) >= 11 is 0. The molecule has 160 valence electrons. The smallest absolute Gasteiger partial charge is 0.332 e. The third-order valence-electron chi connectivity index (χ3n) is 4.61. The normalized spacial score (nSPS) is 11.1. The Balaban J connectivity index is 1.39. The van der Waals surface area contributed by atoms with E-state index in [-0.39, 0.29) is 35.2 Å². The number of halogens is 1. The number of rotatable bonds is 6. The Hall–Kier alpha value is -4.15. The molecule has 0 saturated heterocycles. The van der Waals surface area contributed by atoms with Crippen LogP contribution in [0.1, 0.15) is 16.4 Å². The van der Waals surface area contributed by atoms with E-state index in [0.717, 1.165) is 4.57 Å². The molecule has 0 fully saturated rings. The molecular weight excluding hydrogens is 409 g/mol. The number of aromatic nitrogens is 4. The van der Waals surface area contributed by atoms with Crippen molar-refractivity contribution in [2.75, 3.05) is 6.54 Å². The van der Waals surface area contributed by atoms with Crippen LogP contribution in [0.25, 0.3) is 11.2 Å². The molecule has 0 aliphatic carbocycles. The van der Waals surface area contributed by atoms with Gasteiger partial charge in [-0.1, -0.05) is 6.07 Å². The van der Waals surface area contributed by atoms with Gasteiger partial charge in [0.1, 0.15) is 22.9 Å². The van der Waals surface area contributed by atoms with Crippen LogP contribution in [-0.2, 0) is 20.5 Å². The van der Waals surface area contributed by atoms with Gasteiger partial charge in [-0.25, -0.2) is 14.2 Å². The zero-order valence-corrected chi connectivity index (χ0v) is 16.6. The van der Waals surface area contributed by atoms with Crippen molar-refractivity contribution in [3.63, 3.8) is 0 Å². The van der Waals surface area contributed by atoms with Gasteiger partial charge >= 0.3 is 5.69 Å². The molecule has 11 heteroatoms. The molecule has 0 atom stereocenters. The first-order valence-electron chi connectivity index (χ1n) is 9.29. The highest BCUT2D eigenvalue weighted by molar-refractivity contribution is 5.91. The molecule has 4 rings (SSSR count). The van der Waals surface area contributed by atoms with Crippen LogP contribution >= 0.6 is 0 Å². The molecule has 3 aromatic heterocycles. The fourth-order valence-electron chi connectivity index (χ4n) is 3.02. The summed E-state index contributed by atoms with van der Waals surface area (Å²) in [5, 5.41) is 2.67. The van der Waals surface area contributed by atoms with Crippen LogP contribution in [0, 0.1) is 5.82 Å². The van der Waals surface area contributed by atoms with Crippen LogP contribution in [0.2, 0.25) is 0 Å². The van der Waals surface area contributed by atoms with Crippen molar-refractivity contribution in [3.05, 3.63) is 74.6 Å². The van der Waals surface area contributed by atoms with Crippen molar-refractivity contribution in [1.82, 2.24) is 24.4 Å². The number of hydrogen-bond acceptors (Lipinski definition) is 6. The van der Waals surface area contributed by atoms with E-state index in [2.05, 4.69) is 15.3 Å². The van der Waals surface area contributed by atoms with Crippen LogP contribution < -0.4 is 21.3 Å². The molecule has 0 unspecified atom stereocenters. The van der Waals surface area contributed by atoms with E-state index in [1.165, 1.54) is 49.0 Å². The lowest BCUT2D eigenvalue weighted by Gasteiger charge is -2.03. The first-order chi connectivity index (χ1) is 14.8. The molecule has 4 aromatic rings. The zero-order valence-electron chi connectivity index (χ0n) is 16.6. The lowest BCUT2D eigenvalue weighted by atomic mass is 10.3. The van der Waals surface area contributed by atoms with Gasteiger partial charge in [-0.2, -0.15) is 0 Å². The summed E-state index contributed by atoms with van der Waals surface area (Å²) < 4.78 is 26.2. The summed E-state index contributed by atoms with van der Waals surface area (Å²) in [6, 6.07) is 8.42. The maximum atomic E-state index is 13.2. The minimum Gasteiger partial charge on any atom is -0.426 e. The highest BCUT2D eigenvalue weighted by Crippen LogP contribution is 2.24. The van der Waals surface area contributed by atoms with Gasteiger partial charge in [0.2, 0.25) is 0 Å². The average Bonchev–Trinajstić information content (AvgIpc) is 3.38. The van der Waals surface area contributed by atoms with Crippen LogP contribution in [0.4, 0.5) is 4.39 Å². The first-order valence-corrected chi connectivity index (χ1v) is 9.29. The molecule has 2 N–H and O–H groups in total. The number of H-pyrrole nitrogens is 1. The molecule has 0 spiro atoms. The molecule has 0 radical (unpaired) electrons. The number of furan rings is 1. The number of carbonyl (C=O) groups is 1. The standard InChI is InChI=1S/C20H18FN5O5/c1-25-17-16(19(28)26(2)20(25)29)23-14(24-17)8-9-22-18(27)13-6-7-15(31-13)30-12-5-3-4-11(21)10-12/h3-7,10H,8-9H2,1-2H3,(H,22,27)(H,23,24). The van der Waals surface area contributed by atoms with Crippen LogP contribution in [0.15, 0.2) is 50.4 Å². The van der Waals surface area contributed by atoms with Crippen LogP contribution in [0.5, 0.6) is 11.7 Å². The van der Waals surface area contributed by atoms with E-state index in [1.54, 1.807) is 6.07 Å². The van der Waals surface area contributed by atoms with Crippen molar-refractivity contribution >= 4 is 17.1 Å². The van der Waals surface area contributed by atoms with Gasteiger partial charge < -0.3 is 19.5 Å². The molecule has 31 heavy (non-hydrogen) atoms. The fourth-order valence-corrected chi connectivity index (χ4v) is 3.02. The second-order valence-electron chi connectivity index (χ2n) is 6.77. The number of ether oxygens (including phenoxy) is 1. The van der Waals surface area contributed by atoms with Crippen molar-refractivity contribution in [2.24, 2.45) is 14.1 Å². The Kier molecular flexibility index (Phi) is 5.15. The highest BCUT2D eigenvalue weighted by atomic mass is 19.1. The van der Waals surface area contributed by atoms with E-state index >= 15 is 0 Å². The summed E-state index contributed by atoms with van der Waals surface area (Å²) in [6.07, 6.45) is 0.297. The quantitative estimate of drug-likeness (QED) is 0.480. The van der Waals surface area contributed by atoms with Gasteiger partial charge in [-0.05, 0) is 18.2 Å². The molecular formula is C20H18FN5O5. The van der Waals surface area contributed by atoms with Gasteiger partial charge in [-0.3, -0.25) is 18.7 Å². The monoisotopic (exact) mass is 427 g/mol. The van der Waals surface area contributed by atoms with Gasteiger partial charge in [0, 0.05) is 39.2 Å². The number of hydrogen-bond donors (Lipinski definition) is 2. The van der Waals surface area contributed by atoms with Gasteiger partial charge in [-0.15, -0.1) is 0 Å². The average molecular weight is 427 g/mol. The number of imidazole rings is 1. The van der Waals surface area contributed by atoms with Crippen LogP contribution in [0.3, 0.4) is 0 Å². The number of benzene rings is 1. The minimum atomic E-state index is -0.478. The Morgan fingerprint density at radius 3 is 2.81 bits per heavy atom. The molecule has 0 bridgehead atoms. The van der Waals surface area contributed by atoms with Gasteiger partial charge in [0.05, 0.1) is 0 Å².